The minimum atomic E-state index is -0.539. The van der Waals surface area contributed by atoms with Crippen LogP contribution in [-0.2, 0) is 20.9 Å². The number of benzene rings is 1. The molecule has 0 spiro atoms. The van der Waals surface area contributed by atoms with Gasteiger partial charge >= 0.3 is 5.97 Å². The third-order valence-corrected chi connectivity index (χ3v) is 4.25. The third kappa shape index (κ3) is 5.55. The maximum Gasteiger partial charge on any atom is 0.331 e. The van der Waals surface area contributed by atoms with Crippen LogP contribution in [-0.4, -0.2) is 25.6 Å². The van der Waals surface area contributed by atoms with Crippen LogP contribution in [0.3, 0.4) is 0 Å². The SMILES string of the molecule is COc1ccc(CNC(=O)COC(=O)/C=C/c2sccc2C)cc1. The van der Waals surface area contributed by atoms with E-state index in [1.54, 1.807) is 24.5 Å². The summed E-state index contributed by atoms with van der Waals surface area (Å²) >= 11 is 1.54. The predicted molar refractivity (Wildman–Crippen MR) is 93.9 cm³/mol. The van der Waals surface area contributed by atoms with Crippen LogP contribution in [0.1, 0.15) is 16.0 Å². The van der Waals surface area contributed by atoms with Crippen molar-refractivity contribution < 1.29 is 19.1 Å². The summed E-state index contributed by atoms with van der Waals surface area (Å²) in [4.78, 5) is 24.3. The molecular formula is C18H19NO4S. The van der Waals surface area contributed by atoms with Crippen molar-refractivity contribution in [3.8, 4) is 5.75 Å². The van der Waals surface area contributed by atoms with Crippen molar-refractivity contribution in [3.63, 3.8) is 0 Å². The summed E-state index contributed by atoms with van der Waals surface area (Å²) < 4.78 is 9.98. The van der Waals surface area contributed by atoms with Crippen LogP contribution in [0.15, 0.2) is 41.8 Å². The fraction of sp³-hybridized carbons (Fsp3) is 0.222. The number of hydrogen-bond acceptors (Lipinski definition) is 5. The lowest BCUT2D eigenvalue weighted by molar-refractivity contribution is -0.143. The maximum absolute atomic E-state index is 11.7. The standard InChI is InChI=1S/C18H19NO4S/c1-13-9-10-24-16(13)7-8-18(21)23-12-17(20)19-11-14-3-5-15(22-2)6-4-14/h3-10H,11-12H2,1-2H3,(H,19,20)/b8-7+. The normalized spacial score (nSPS) is 10.6. The Kier molecular flexibility index (Phi) is 6.57. The van der Waals surface area contributed by atoms with Gasteiger partial charge in [0.05, 0.1) is 7.11 Å². The van der Waals surface area contributed by atoms with Crippen molar-refractivity contribution >= 4 is 29.3 Å². The Bertz CT molecular complexity index is 719. The minimum Gasteiger partial charge on any atom is -0.497 e. The molecule has 0 aliphatic rings. The van der Waals surface area contributed by atoms with Crippen LogP contribution in [0, 0.1) is 6.92 Å². The summed E-state index contributed by atoms with van der Waals surface area (Å²) in [6.07, 6.45) is 3.02. The largest absolute Gasteiger partial charge is 0.497 e. The van der Waals surface area contributed by atoms with Crippen LogP contribution in [0.2, 0.25) is 0 Å². The zero-order chi connectivity index (χ0) is 17.4. The molecule has 0 saturated carbocycles. The van der Waals surface area contributed by atoms with Gasteiger partial charge in [-0.1, -0.05) is 12.1 Å². The molecule has 1 aromatic carbocycles. The van der Waals surface area contributed by atoms with E-state index in [4.69, 9.17) is 9.47 Å². The lowest BCUT2D eigenvalue weighted by atomic mass is 10.2. The molecule has 1 N–H and O–H groups in total. The van der Waals surface area contributed by atoms with Crippen molar-refractivity contribution in [2.75, 3.05) is 13.7 Å². The Morgan fingerprint density at radius 2 is 1.96 bits per heavy atom. The molecule has 0 radical (unpaired) electrons. The van der Waals surface area contributed by atoms with Crippen molar-refractivity contribution in [1.29, 1.82) is 0 Å². The number of ether oxygens (including phenoxy) is 2. The molecule has 6 heteroatoms. The molecule has 0 bridgehead atoms. The zero-order valence-electron chi connectivity index (χ0n) is 13.6. The molecule has 0 unspecified atom stereocenters. The molecule has 1 heterocycles. The highest BCUT2D eigenvalue weighted by Crippen LogP contribution is 2.17. The highest BCUT2D eigenvalue weighted by molar-refractivity contribution is 7.11. The number of carbonyl (C=O) groups excluding carboxylic acids is 2. The van der Waals surface area contributed by atoms with Gasteiger partial charge < -0.3 is 14.8 Å². The topological polar surface area (TPSA) is 64.6 Å². The molecule has 1 amide bonds. The average molecular weight is 345 g/mol. The number of amides is 1. The van der Waals surface area contributed by atoms with Gasteiger partial charge in [0, 0.05) is 17.5 Å². The number of aryl methyl sites for hydroxylation is 1. The van der Waals surface area contributed by atoms with Crippen LogP contribution >= 0.6 is 11.3 Å². The second-order valence-corrected chi connectivity index (χ2v) is 5.98. The van der Waals surface area contributed by atoms with Gasteiger partial charge in [0.25, 0.3) is 5.91 Å². The maximum atomic E-state index is 11.7. The van der Waals surface area contributed by atoms with Crippen molar-refractivity contribution in [2.24, 2.45) is 0 Å². The second kappa shape index (κ2) is 8.88. The lowest BCUT2D eigenvalue weighted by Gasteiger charge is -2.06. The van der Waals surface area contributed by atoms with E-state index < -0.39 is 5.97 Å². The summed E-state index contributed by atoms with van der Waals surface area (Å²) in [5.41, 5.74) is 2.03. The van der Waals surface area contributed by atoms with E-state index >= 15 is 0 Å². The number of carbonyl (C=O) groups is 2. The number of rotatable bonds is 7. The molecule has 2 aromatic rings. The lowest BCUT2D eigenvalue weighted by Crippen LogP contribution is -2.28. The van der Waals surface area contributed by atoms with Crippen LogP contribution in [0.5, 0.6) is 5.75 Å². The quantitative estimate of drug-likeness (QED) is 0.619. The van der Waals surface area contributed by atoms with E-state index in [0.29, 0.717) is 6.54 Å². The summed E-state index contributed by atoms with van der Waals surface area (Å²) in [7, 11) is 1.60. The van der Waals surface area contributed by atoms with Gasteiger partial charge in [0.1, 0.15) is 5.75 Å². The third-order valence-electron chi connectivity index (χ3n) is 3.27. The monoisotopic (exact) mass is 345 g/mol. The predicted octanol–water partition coefficient (Wildman–Crippen LogP) is 2.94. The van der Waals surface area contributed by atoms with E-state index in [1.807, 2.05) is 42.6 Å². The van der Waals surface area contributed by atoms with E-state index in [1.165, 1.54) is 6.08 Å². The molecule has 5 nitrogen and oxygen atoms in total. The molecule has 0 saturated heterocycles. The first-order valence-corrected chi connectivity index (χ1v) is 8.25. The molecule has 0 atom stereocenters. The molecular weight excluding hydrogens is 326 g/mol. The number of methoxy groups -OCH3 is 1. The summed E-state index contributed by atoms with van der Waals surface area (Å²) in [5, 5.41) is 4.64. The Morgan fingerprint density at radius 3 is 2.58 bits per heavy atom. The fourth-order valence-electron chi connectivity index (χ4n) is 1.88. The Morgan fingerprint density at radius 1 is 1.21 bits per heavy atom. The van der Waals surface area contributed by atoms with Crippen molar-refractivity contribution in [3.05, 3.63) is 57.8 Å². The number of thiophene rings is 1. The summed E-state index contributed by atoms with van der Waals surface area (Å²) in [6.45, 7) is 2.03. The molecule has 2 rings (SSSR count). The Labute approximate surface area is 144 Å². The number of nitrogens with one attached hydrogen (secondary N) is 1. The Hall–Kier alpha value is -2.60. The van der Waals surface area contributed by atoms with Gasteiger partial charge in [-0.05, 0) is 47.7 Å². The first-order valence-electron chi connectivity index (χ1n) is 7.37. The summed E-state index contributed by atoms with van der Waals surface area (Å²) in [5.74, 6) is -0.131. The van der Waals surface area contributed by atoms with Crippen LogP contribution in [0.25, 0.3) is 6.08 Å². The molecule has 126 valence electrons. The van der Waals surface area contributed by atoms with E-state index in [2.05, 4.69) is 5.32 Å². The zero-order valence-corrected chi connectivity index (χ0v) is 14.4. The Balaban J connectivity index is 1.71. The molecule has 1 aromatic heterocycles. The molecule has 24 heavy (non-hydrogen) atoms. The number of esters is 1. The molecule has 0 fully saturated rings. The van der Waals surface area contributed by atoms with Crippen molar-refractivity contribution in [1.82, 2.24) is 5.32 Å². The van der Waals surface area contributed by atoms with Gasteiger partial charge in [-0.3, -0.25) is 4.79 Å². The van der Waals surface area contributed by atoms with Gasteiger partial charge in [0.15, 0.2) is 6.61 Å². The van der Waals surface area contributed by atoms with Gasteiger partial charge in [-0.2, -0.15) is 0 Å². The van der Waals surface area contributed by atoms with E-state index in [9.17, 15) is 9.59 Å². The summed E-state index contributed by atoms with van der Waals surface area (Å²) in [6, 6.07) is 9.33. The van der Waals surface area contributed by atoms with Crippen molar-refractivity contribution in [2.45, 2.75) is 13.5 Å². The van der Waals surface area contributed by atoms with Crippen LogP contribution < -0.4 is 10.1 Å². The van der Waals surface area contributed by atoms with E-state index in [-0.39, 0.29) is 12.5 Å². The smallest absolute Gasteiger partial charge is 0.331 e. The molecule has 0 aliphatic heterocycles. The highest BCUT2D eigenvalue weighted by Gasteiger charge is 2.05. The van der Waals surface area contributed by atoms with Gasteiger partial charge in [-0.15, -0.1) is 11.3 Å². The second-order valence-electron chi connectivity index (χ2n) is 5.03. The number of hydrogen-bond donors (Lipinski definition) is 1. The van der Waals surface area contributed by atoms with E-state index in [0.717, 1.165) is 21.8 Å². The van der Waals surface area contributed by atoms with Crippen LogP contribution in [0.4, 0.5) is 0 Å². The minimum absolute atomic E-state index is 0.303. The van der Waals surface area contributed by atoms with Gasteiger partial charge in [0.2, 0.25) is 0 Å². The molecule has 0 aliphatic carbocycles. The average Bonchev–Trinajstić information content (AvgIpc) is 3.01. The fourth-order valence-corrected chi connectivity index (χ4v) is 2.70. The van der Waals surface area contributed by atoms with Gasteiger partial charge in [-0.25, -0.2) is 4.79 Å². The first-order chi connectivity index (χ1) is 11.6. The first kappa shape index (κ1) is 17.7. The highest BCUT2D eigenvalue weighted by atomic mass is 32.1.